The first-order chi connectivity index (χ1) is 17.1. The molecule has 5 nitrogen and oxygen atoms in total. The van der Waals surface area contributed by atoms with Gasteiger partial charge in [0.05, 0.1) is 16.4 Å². The molecule has 0 aliphatic carbocycles. The van der Waals surface area contributed by atoms with E-state index in [2.05, 4.69) is 34.8 Å². The van der Waals surface area contributed by atoms with Gasteiger partial charge < -0.3 is 14.9 Å². The molecule has 2 heterocycles. The third-order valence-corrected chi connectivity index (χ3v) is 7.13. The lowest BCUT2D eigenvalue weighted by Gasteiger charge is -2.25. The van der Waals surface area contributed by atoms with Gasteiger partial charge in [-0.05, 0) is 61.2 Å². The van der Waals surface area contributed by atoms with E-state index in [1.807, 2.05) is 49.4 Å². The van der Waals surface area contributed by atoms with Crippen molar-refractivity contribution in [3.8, 4) is 0 Å². The van der Waals surface area contributed by atoms with Crippen LogP contribution in [0.4, 0.5) is 5.69 Å². The van der Waals surface area contributed by atoms with Crippen molar-refractivity contribution in [2.75, 3.05) is 18.0 Å². The van der Waals surface area contributed by atoms with E-state index in [0.717, 1.165) is 66.6 Å². The monoisotopic (exact) mass is 467 g/mol. The third kappa shape index (κ3) is 3.99. The minimum Gasteiger partial charge on any atom is -0.372 e. The van der Waals surface area contributed by atoms with Crippen LogP contribution in [-0.4, -0.2) is 23.1 Å². The molecule has 0 amide bonds. The highest BCUT2D eigenvalue weighted by Crippen LogP contribution is 2.28. The smallest absolute Gasteiger partial charge is 0.197 e. The van der Waals surface area contributed by atoms with Gasteiger partial charge in [-0.25, -0.2) is 0 Å². The molecular formula is C30H33N3O2. The summed E-state index contributed by atoms with van der Waals surface area (Å²) >= 11 is 0. The Balaban J connectivity index is 1.78. The molecule has 5 rings (SSSR count). The Hall–Kier alpha value is -3.60. The van der Waals surface area contributed by atoms with E-state index in [1.54, 1.807) is 0 Å². The number of aryl methyl sites for hydroxylation is 1. The van der Waals surface area contributed by atoms with Crippen molar-refractivity contribution in [1.82, 2.24) is 9.97 Å². The van der Waals surface area contributed by atoms with E-state index < -0.39 is 0 Å². The summed E-state index contributed by atoms with van der Waals surface area (Å²) in [5.74, 6) is 0. The highest BCUT2D eigenvalue weighted by Gasteiger charge is 2.17. The fourth-order valence-electron chi connectivity index (χ4n) is 5.22. The predicted octanol–water partition coefficient (Wildman–Crippen LogP) is 6.65. The number of benzene rings is 3. The lowest BCUT2D eigenvalue weighted by molar-refractivity contribution is 0.678. The number of fused-ring (bicyclic) bond motifs is 4. The number of nitrogens with zero attached hydrogens (tertiary/aromatic N) is 1. The largest absolute Gasteiger partial charge is 0.372 e. The number of unbranched alkanes of at least 4 members (excludes halogenated alkanes) is 2. The van der Waals surface area contributed by atoms with E-state index in [9.17, 15) is 9.59 Å². The number of H-pyrrole nitrogens is 2. The standard InChI is InChI=1S/C30H33N3O2/c1-4-7-15-33(16-8-5-2)19-13-14-25-22(17-19)30(35)27-20(6-3)28-23(18-26(27)31-25)29(34)21-11-9-10-12-24(21)32-28/h9-14,17-18H,4-8,15-16H2,1-3H3,(H,31,35)(H,32,34). The predicted molar refractivity (Wildman–Crippen MR) is 149 cm³/mol. The van der Waals surface area contributed by atoms with E-state index in [1.165, 1.54) is 0 Å². The molecule has 0 atom stereocenters. The van der Waals surface area contributed by atoms with Crippen LogP contribution in [0.3, 0.4) is 0 Å². The minimum absolute atomic E-state index is 0.00951. The summed E-state index contributed by atoms with van der Waals surface area (Å²) in [5.41, 5.74) is 5.08. The highest BCUT2D eigenvalue weighted by atomic mass is 16.1. The van der Waals surface area contributed by atoms with Crippen LogP contribution < -0.4 is 15.8 Å². The SMILES string of the molecule is CCCCN(CCCC)c1ccc2[nH]c3cc4c(=O)c5ccccc5[nH]c4c(CC)c3c(=O)c2c1. The number of nitrogens with one attached hydrogen (secondary N) is 2. The second kappa shape index (κ2) is 9.57. The molecule has 0 aliphatic heterocycles. The molecule has 0 bridgehead atoms. The number of aromatic nitrogens is 2. The Morgan fingerprint density at radius 3 is 2.14 bits per heavy atom. The number of para-hydroxylation sites is 1. The number of pyridine rings is 2. The second-order valence-electron chi connectivity index (χ2n) is 9.43. The Bertz CT molecular complexity index is 1650. The molecule has 5 heteroatoms. The first kappa shape index (κ1) is 23.2. The van der Waals surface area contributed by atoms with Crippen LogP contribution in [0, 0.1) is 0 Å². The molecule has 5 aromatic rings. The molecule has 35 heavy (non-hydrogen) atoms. The quantitative estimate of drug-likeness (QED) is 0.251. The van der Waals surface area contributed by atoms with Crippen molar-refractivity contribution < 1.29 is 0 Å². The van der Waals surface area contributed by atoms with Crippen LogP contribution >= 0.6 is 0 Å². The number of hydrogen-bond acceptors (Lipinski definition) is 3. The summed E-state index contributed by atoms with van der Waals surface area (Å²) in [6, 6.07) is 15.6. The first-order valence-electron chi connectivity index (χ1n) is 12.9. The molecule has 0 saturated carbocycles. The van der Waals surface area contributed by atoms with Crippen molar-refractivity contribution in [2.45, 2.75) is 52.9 Å². The molecule has 0 fully saturated rings. The highest BCUT2D eigenvalue weighted by molar-refractivity contribution is 6.06. The van der Waals surface area contributed by atoms with Crippen LogP contribution in [0.25, 0.3) is 43.6 Å². The molecule has 0 saturated heterocycles. The van der Waals surface area contributed by atoms with Gasteiger partial charge in [0, 0.05) is 46.0 Å². The van der Waals surface area contributed by atoms with Crippen LogP contribution in [0.15, 0.2) is 58.1 Å². The van der Waals surface area contributed by atoms with Crippen molar-refractivity contribution >= 4 is 49.3 Å². The summed E-state index contributed by atoms with van der Waals surface area (Å²) in [7, 11) is 0. The van der Waals surface area contributed by atoms with E-state index in [-0.39, 0.29) is 10.9 Å². The average Bonchev–Trinajstić information content (AvgIpc) is 2.88. The van der Waals surface area contributed by atoms with Gasteiger partial charge in [0.1, 0.15) is 0 Å². The summed E-state index contributed by atoms with van der Waals surface area (Å²) in [4.78, 5) is 36.6. The van der Waals surface area contributed by atoms with Gasteiger partial charge >= 0.3 is 0 Å². The average molecular weight is 468 g/mol. The lowest BCUT2D eigenvalue weighted by Crippen LogP contribution is -2.25. The van der Waals surface area contributed by atoms with Gasteiger partial charge in [0.15, 0.2) is 10.9 Å². The van der Waals surface area contributed by atoms with E-state index in [0.29, 0.717) is 33.5 Å². The molecule has 2 N–H and O–H groups in total. The molecular weight excluding hydrogens is 434 g/mol. The van der Waals surface area contributed by atoms with E-state index >= 15 is 0 Å². The molecule has 0 unspecified atom stereocenters. The van der Waals surface area contributed by atoms with Crippen LogP contribution in [0.1, 0.15) is 52.0 Å². The summed E-state index contributed by atoms with van der Waals surface area (Å²) in [5, 5.41) is 2.65. The zero-order chi connectivity index (χ0) is 24.5. The van der Waals surface area contributed by atoms with Crippen molar-refractivity contribution in [1.29, 1.82) is 0 Å². The Morgan fingerprint density at radius 1 is 0.714 bits per heavy atom. The van der Waals surface area contributed by atoms with Gasteiger partial charge in [0.25, 0.3) is 0 Å². The first-order valence-corrected chi connectivity index (χ1v) is 12.9. The van der Waals surface area contributed by atoms with Gasteiger partial charge in [-0.15, -0.1) is 0 Å². The fraction of sp³-hybridized carbons (Fsp3) is 0.333. The number of anilines is 1. The second-order valence-corrected chi connectivity index (χ2v) is 9.43. The van der Waals surface area contributed by atoms with E-state index in [4.69, 9.17) is 0 Å². The zero-order valence-corrected chi connectivity index (χ0v) is 20.8. The Morgan fingerprint density at radius 2 is 1.43 bits per heavy atom. The van der Waals surface area contributed by atoms with Crippen molar-refractivity contribution in [3.05, 3.63) is 74.5 Å². The Labute approximate surface area is 204 Å². The molecule has 0 spiro atoms. The number of rotatable bonds is 8. The summed E-state index contributed by atoms with van der Waals surface area (Å²) in [6.07, 6.45) is 5.18. The van der Waals surface area contributed by atoms with Gasteiger partial charge in [0.2, 0.25) is 0 Å². The lowest BCUT2D eigenvalue weighted by atomic mass is 9.98. The topological polar surface area (TPSA) is 69.0 Å². The number of aromatic amines is 2. The summed E-state index contributed by atoms with van der Waals surface area (Å²) < 4.78 is 0. The molecule has 0 radical (unpaired) electrons. The minimum atomic E-state index is -0.00951. The maximum atomic E-state index is 13.9. The maximum Gasteiger partial charge on any atom is 0.197 e. The number of hydrogen-bond donors (Lipinski definition) is 2. The van der Waals surface area contributed by atoms with Crippen LogP contribution in [0.5, 0.6) is 0 Å². The summed E-state index contributed by atoms with van der Waals surface area (Å²) in [6.45, 7) is 8.44. The molecule has 0 aliphatic rings. The molecule has 180 valence electrons. The van der Waals surface area contributed by atoms with Crippen molar-refractivity contribution in [2.24, 2.45) is 0 Å². The van der Waals surface area contributed by atoms with Crippen LogP contribution in [0.2, 0.25) is 0 Å². The van der Waals surface area contributed by atoms with Gasteiger partial charge in [-0.1, -0.05) is 45.7 Å². The van der Waals surface area contributed by atoms with Gasteiger partial charge in [-0.2, -0.15) is 0 Å². The Kier molecular flexibility index (Phi) is 6.33. The van der Waals surface area contributed by atoms with Crippen LogP contribution in [-0.2, 0) is 6.42 Å². The zero-order valence-electron chi connectivity index (χ0n) is 20.8. The third-order valence-electron chi connectivity index (χ3n) is 7.13. The molecule has 3 aromatic carbocycles. The van der Waals surface area contributed by atoms with Crippen molar-refractivity contribution in [3.63, 3.8) is 0 Å². The molecule has 2 aromatic heterocycles. The fourth-order valence-corrected chi connectivity index (χ4v) is 5.22. The van der Waals surface area contributed by atoms with Gasteiger partial charge in [-0.3, -0.25) is 9.59 Å². The maximum absolute atomic E-state index is 13.9. The normalized spacial score (nSPS) is 11.7.